The first-order valence-electron chi connectivity index (χ1n) is 7.59. The zero-order valence-electron chi connectivity index (χ0n) is 13.5. The summed E-state index contributed by atoms with van der Waals surface area (Å²) in [7, 11) is 1.32. The van der Waals surface area contributed by atoms with Gasteiger partial charge in [-0.05, 0) is 24.6 Å². The van der Waals surface area contributed by atoms with Crippen LogP contribution in [0, 0.1) is 0 Å². The predicted octanol–water partition coefficient (Wildman–Crippen LogP) is 3.14. The molecule has 1 unspecified atom stereocenters. The Morgan fingerprint density at radius 2 is 1.96 bits per heavy atom. The monoisotopic (exact) mass is 330 g/mol. The first kappa shape index (κ1) is 16.1. The topological polar surface area (TPSA) is 63.2 Å². The second-order valence-corrected chi connectivity index (χ2v) is 5.05. The summed E-state index contributed by atoms with van der Waals surface area (Å²) in [6.45, 7) is 1.75. The summed E-state index contributed by atoms with van der Waals surface area (Å²) in [6.07, 6.45) is 0. The SMILES string of the molecule is CCOC1Oc2cc(C(=O)OC)cc(OCc3ccccc3)c2O1. The van der Waals surface area contributed by atoms with Crippen LogP contribution in [0.2, 0.25) is 0 Å². The van der Waals surface area contributed by atoms with E-state index < -0.39 is 12.4 Å². The number of hydrogen-bond donors (Lipinski definition) is 0. The number of esters is 1. The number of methoxy groups -OCH3 is 1. The van der Waals surface area contributed by atoms with Crippen LogP contribution in [0.4, 0.5) is 0 Å². The lowest BCUT2D eigenvalue weighted by molar-refractivity contribution is -0.173. The quantitative estimate of drug-likeness (QED) is 0.758. The summed E-state index contributed by atoms with van der Waals surface area (Å²) in [5.74, 6) is 0.723. The summed E-state index contributed by atoms with van der Waals surface area (Å²) in [4.78, 5) is 11.8. The number of hydrogen-bond acceptors (Lipinski definition) is 6. The van der Waals surface area contributed by atoms with Gasteiger partial charge >= 0.3 is 12.4 Å². The maximum Gasteiger partial charge on any atom is 0.361 e. The van der Waals surface area contributed by atoms with E-state index >= 15 is 0 Å². The van der Waals surface area contributed by atoms with E-state index in [4.69, 9.17) is 23.7 Å². The number of benzene rings is 2. The molecule has 0 fully saturated rings. The maximum absolute atomic E-state index is 11.8. The predicted molar refractivity (Wildman–Crippen MR) is 85.2 cm³/mol. The van der Waals surface area contributed by atoms with Gasteiger partial charge in [0.05, 0.1) is 19.3 Å². The van der Waals surface area contributed by atoms with E-state index in [0.717, 1.165) is 5.56 Å². The second-order valence-electron chi connectivity index (χ2n) is 5.05. The average molecular weight is 330 g/mol. The molecule has 1 aliphatic heterocycles. The third kappa shape index (κ3) is 3.44. The summed E-state index contributed by atoms with van der Waals surface area (Å²) in [5.41, 5.74) is 1.31. The van der Waals surface area contributed by atoms with Crippen molar-refractivity contribution in [1.82, 2.24) is 0 Å². The highest BCUT2D eigenvalue weighted by Crippen LogP contribution is 2.44. The minimum absolute atomic E-state index is 0.320. The average Bonchev–Trinajstić information content (AvgIpc) is 3.02. The van der Waals surface area contributed by atoms with E-state index in [2.05, 4.69) is 0 Å². The highest BCUT2D eigenvalue weighted by molar-refractivity contribution is 5.91. The van der Waals surface area contributed by atoms with Gasteiger partial charge in [-0.3, -0.25) is 0 Å². The molecule has 1 atom stereocenters. The van der Waals surface area contributed by atoms with Gasteiger partial charge in [0.25, 0.3) is 0 Å². The van der Waals surface area contributed by atoms with Gasteiger partial charge in [0, 0.05) is 0 Å². The summed E-state index contributed by atoms with van der Waals surface area (Å²) in [5, 5.41) is 0. The van der Waals surface area contributed by atoms with Gasteiger partial charge in [0.1, 0.15) is 6.61 Å². The third-order valence-corrected chi connectivity index (χ3v) is 3.42. The Morgan fingerprint density at radius 1 is 1.17 bits per heavy atom. The molecule has 0 aromatic heterocycles. The maximum atomic E-state index is 11.8. The van der Waals surface area contributed by atoms with Crippen LogP contribution >= 0.6 is 0 Å². The van der Waals surface area contributed by atoms with Crippen LogP contribution in [0.15, 0.2) is 42.5 Å². The van der Waals surface area contributed by atoms with Gasteiger partial charge < -0.3 is 23.7 Å². The molecule has 0 aliphatic carbocycles. The molecule has 126 valence electrons. The molecule has 0 N–H and O–H groups in total. The second kappa shape index (κ2) is 7.23. The number of carbonyl (C=O) groups is 1. The van der Waals surface area contributed by atoms with Crippen molar-refractivity contribution in [3.63, 3.8) is 0 Å². The highest BCUT2D eigenvalue weighted by atomic mass is 16.9. The van der Waals surface area contributed by atoms with Crippen LogP contribution in [0.3, 0.4) is 0 Å². The zero-order chi connectivity index (χ0) is 16.9. The fourth-order valence-electron chi connectivity index (χ4n) is 2.29. The Morgan fingerprint density at radius 3 is 2.67 bits per heavy atom. The first-order chi connectivity index (χ1) is 11.7. The van der Waals surface area contributed by atoms with Crippen LogP contribution < -0.4 is 14.2 Å². The lowest BCUT2D eigenvalue weighted by Crippen LogP contribution is -2.21. The largest absolute Gasteiger partial charge is 0.485 e. The molecule has 3 rings (SSSR count). The van der Waals surface area contributed by atoms with Crippen molar-refractivity contribution in [2.75, 3.05) is 13.7 Å². The van der Waals surface area contributed by atoms with Crippen molar-refractivity contribution in [2.45, 2.75) is 20.0 Å². The van der Waals surface area contributed by atoms with Crippen LogP contribution in [-0.4, -0.2) is 26.2 Å². The number of fused-ring (bicyclic) bond motifs is 1. The van der Waals surface area contributed by atoms with Crippen LogP contribution in [0.5, 0.6) is 17.2 Å². The van der Waals surface area contributed by atoms with Crippen LogP contribution in [-0.2, 0) is 16.1 Å². The van der Waals surface area contributed by atoms with Crippen molar-refractivity contribution in [3.8, 4) is 17.2 Å². The van der Waals surface area contributed by atoms with Gasteiger partial charge in [0.15, 0.2) is 11.5 Å². The van der Waals surface area contributed by atoms with Gasteiger partial charge in [0.2, 0.25) is 5.75 Å². The molecule has 6 nitrogen and oxygen atoms in total. The van der Waals surface area contributed by atoms with E-state index in [9.17, 15) is 4.79 Å². The van der Waals surface area contributed by atoms with E-state index in [1.807, 2.05) is 37.3 Å². The van der Waals surface area contributed by atoms with Crippen molar-refractivity contribution < 1.29 is 28.5 Å². The molecule has 0 saturated carbocycles. The van der Waals surface area contributed by atoms with Gasteiger partial charge in [-0.2, -0.15) is 0 Å². The number of ether oxygens (including phenoxy) is 5. The summed E-state index contributed by atoms with van der Waals surface area (Å²) >= 11 is 0. The lowest BCUT2D eigenvalue weighted by atomic mass is 10.2. The number of carbonyl (C=O) groups excluding carboxylic acids is 1. The van der Waals surface area contributed by atoms with Crippen molar-refractivity contribution in [3.05, 3.63) is 53.6 Å². The minimum atomic E-state index is -0.850. The van der Waals surface area contributed by atoms with Crippen molar-refractivity contribution >= 4 is 5.97 Å². The fraction of sp³-hybridized carbons (Fsp3) is 0.278. The van der Waals surface area contributed by atoms with Gasteiger partial charge in [-0.15, -0.1) is 0 Å². The summed E-state index contributed by atoms with van der Waals surface area (Å²) < 4.78 is 27.1. The van der Waals surface area contributed by atoms with Crippen LogP contribution in [0.1, 0.15) is 22.8 Å². The molecule has 0 saturated heterocycles. The Balaban J connectivity index is 1.86. The molecule has 1 heterocycles. The summed E-state index contributed by atoms with van der Waals surface area (Å²) in [6, 6.07) is 12.8. The highest BCUT2D eigenvalue weighted by Gasteiger charge is 2.30. The third-order valence-electron chi connectivity index (χ3n) is 3.42. The molecular weight excluding hydrogens is 312 g/mol. The van der Waals surface area contributed by atoms with E-state index in [-0.39, 0.29) is 0 Å². The van der Waals surface area contributed by atoms with Crippen LogP contribution in [0.25, 0.3) is 0 Å². The van der Waals surface area contributed by atoms with E-state index in [1.54, 1.807) is 12.1 Å². The molecule has 6 heteroatoms. The Labute approximate surface area is 139 Å². The lowest BCUT2D eigenvalue weighted by Gasteiger charge is -2.11. The molecule has 0 amide bonds. The molecule has 1 aliphatic rings. The molecule has 2 aromatic carbocycles. The Kier molecular flexibility index (Phi) is 4.86. The Bertz CT molecular complexity index is 713. The van der Waals surface area contributed by atoms with Crippen molar-refractivity contribution in [2.24, 2.45) is 0 Å². The smallest absolute Gasteiger partial charge is 0.361 e. The van der Waals surface area contributed by atoms with E-state index in [1.165, 1.54) is 7.11 Å². The standard InChI is InChI=1S/C18H18O6/c1-3-21-18-23-15-10-13(17(19)20-2)9-14(16(15)24-18)22-11-12-7-5-4-6-8-12/h4-10,18H,3,11H2,1-2H3. The van der Waals surface area contributed by atoms with E-state index in [0.29, 0.717) is 36.0 Å². The molecule has 24 heavy (non-hydrogen) atoms. The zero-order valence-corrected chi connectivity index (χ0v) is 13.5. The minimum Gasteiger partial charge on any atom is -0.485 e. The van der Waals surface area contributed by atoms with Gasteiger partial charge in [-0.25, -0.2) is 4.79 Å². The fourth-order valence-corrected chi connectivity index (χ4v) is 2.29. The van der Waals surface area contributed by atoms with Gasteiger partial charge in [-0.1, -0.05) is 30.3 Å². The van der Waals surface area contributed by atoms with Crippen molar-refractivity contribution in [1.29, 1.82) is 0 Å². The molecular formula is C18H18O6. The normalized spacial score (nSPS) is 15.2. The molecule has 0 spiro atoms. The molecule has 0 radical (unpaired) electrons. The molecule has 2 aromatic rings. The number of rotatable bonds is 6. The first-order valence-corrected chi connectivity index (χ1v) is 7.59. The Hall–Kier alpha value is -2.73. The molecule has 0 bridgehead atoms.